The fourth-order valence-electron chi connectivity index (χ4n) is 2.51. The van der Waals surface area contributed by atoms with Crippen LogP contribution in [0, 0.1) is 12.8 Å². The fourth-order valence-corrected chi connectivity index (χ4v) is 2.51. The van der Waals surface area contributed by atoms with E-state index in [0.717, 1.165) is 30.8 Å². The number of rotatable bonds is 4. The predicted octanol–water partition coefficient (Wildman–Crippen LogP) is 2.46. The van der Waals surface area contributed by atoms with Gasteiger partial charge in [-0.25, -0.2) is 0 Å². The first kappa shape index (κ1) is 13.1. The van der Waals surface area contributed by atoms with Gasteiger partial charge < -0.3 is 9.47 Å². The van der Waals surface area contributed by atoms with Gasteiger partial charge in [-0.15, -0.1) is 0 Å². The minimum atomic E-state index is -0.574. The van der Waals surface area contributed by atoms with Crippen LogP contribution in [0.5, 0.6) is 0 Å². The van der Waals surface area contributed by atoms with Crippen LogP contribution in [0.2, 0.25) is 0 Å². The molecule has 0 saturated carbocycles. The van der Waals surface area contributed by atoms with Crippen LogP contribution in [0.1, 0.15) is 24.5 Å². The van der Waals surface area contributed by atoms with Crippen molar-refractivity contribution in [2.75, 3.05) is 20.3 Å². The van der Waals surface area contributed by atoms with E-state index in [0.29, 0.717) is 5.92 Å². The Morgan fingerprint density at radius 3 is 2.72 bits per heavy atom. The molecule has 0 N–H and O–H groups in total. The number of esters is 1. The maximum atomic E-state index is 12.2. The van der Waals surface area contributed by atoms with Gasteiger partial charge in [-0.3, -0.25) is 4.79 Å². The van der Waals surface area contributed by atoms with Gasteiger partial charge in [0.2, 0.25) is 0 Å². The molecule has 1 unspecified atom stereocenters. The SMILES string of the molecule is COC(=O)C(C)(CC1COC1)c1cccc(C)c1. The van der Waals surface area contributed by atoms with Crippen LogP contribution in [-0.2, 0) is 19.7 Å². The summed E-state index contributed by atoms with van der Waals surface area (Å²) in [6, 6.07) is 8.09. The number of hydrogen-bond acceptors (Lipinski definition) is 3. The van der Waals surface area contributed by atoms with Crippen molar-refractivity contribution in [3.63, 3.8) is 0 Å². The van der Waals surface area contributed by atoms with Crippen molar-refractivity contribution in [2.24, 2.45) is 5.92 Å². The Hall–Kier alpha value is -1.35. The summed E-state index contributed by atoms with van der Waals surface area (Å²) in [6.45, 7) is 5.50. The van der Waals surface area contributed by atoms with Crippen LogP contribution in [0.15, 0.2) is 24.3 Å². The van der Waals surface area contributed by atoms with Crippen molar-refractivity contribution in [3.05, 3.63) is 35.4 Å². The molecule has 0 amide bonds. The van der Waals surface area contributed by atoms with Gasteiger partial charge in [0.1, 0.15) is 0 Å². The maximum Gasteiger partial charge on any atom is 0.316 e. The first-order valence-electron chi connectivity index (χ1n) is 6.29. The lowest BCUT2D eigenvalue weighted by atomic mass is 9.74. The molecule has 1 fully saturated rings. The van der Waals surface area contributed by atoms with Crippen molar-refractivity contribution in [3.8, 4) is 0 Å². The van der Waals surface area contributed by atoms with Crippen molar-refractivity contribution >= 4 is 5.97 Å². The van der Waals surface area contributed by atoms with E-state index in [4.69, 9.17) is 9.47 Å². The highest BCUT2D eigenvalue weighted by molar-refractivity contribution is 5.82. The van der Waals surface area contributed by atoms with Crippen molar-refractivity contribution in [2.45, 2.75) is 25.7 Å². The Bertz CT molecular complexity index is 437. The number of aryl methyl sites for hydroxylation is 1. The van der Waals surface area contributed by atoms with Crippen LogP contribution < -0.4 is 0 Å². The van der Waals surface area contributed by atoms with Crippen LogP contribution >= 0.6 is 0 Å². The zero-order valence-electron chi connectivity index (χ0n) is 11.2. The van der Waals surface area contributed by atoms with E-state index in [9.17, 15) is 4.79 Å². The first-order chi connectivity index (χ1) is 8.56. The summed E-state index contributed by atoms with van der Waals surface area (Å²) in [5, 5.41) is 0. The average Bonchev–Trinajstić information content (AvgIpc) is 2.32. The molecule has 1 aromatic carbocycles. The van der Waals surface area contributed by atoms with Crippen LogP contribution in [0.4, 0.5) is 0 Å². The second kappa shape index (κ2) is 5.11. The fraction of sp³-hybridized carbons (Fsp3) is 0.533. The van der Waals surface area contributed by atoms with E-state index in [2.05, 4.69) is 6.07 Å². The zero-order valence-corrected chi connectivity index (χ0v) is 11.2. The standard InChI is InChI=1S/C15H20O3/c1-11-5-4-6-13(7-11)15(2,14(16)17-3)8-12-9-18-10-12/h4-7,12H,8-10H2,1-3H3. The van der Waals surface area contributed by atoms with Gasteiger partial charge in [-0.05, 0) is 25.8 Å². The second-order valence-electron chi connectivity index (χ2n) is 5.30. The van der Waals surface area contributed by atoms with E-state index >= 15 is 0 Å². The molecule has 3 heteroatoms. The molecule has 0 aliphatic carbocycles. The van der Waals surface area contributed by atoms with Crippen LogP contribution in [0.25, 0.3) is 0 Å². The summed E-state index contributed by atoms with van der Waals surface area (Å²) < 4.78 is 10.2. The van der Waals surface area contributed by atoms with Gasteiger partial charge >= 0.3 is 5.97 Å². The molecule has 0 bridgehead atoms. The van der Waals surface area contributed by atoms with Crippen molar-refractivity contribution in [1.29, 1.82) is 0 Å². The molecule has 1 aliphatic rings. The van der Waals surface area contributed by atoms with Crippen LogP contribution in [0.3, 0.4) is 0 Å². The molecular weight excluding hydrogens is 228 g/mol. The Morgan fingerprint density at radius 2 is 2.22 bits per heavy atom. The minimum Gasteiger partial charge on any atom is -0.468 e. The third kappa shape index (κ3) is 2.41. The highest BCUT2D eigenvalue weighted by Crippen LogP contribution is 2.35. The lowest BCUT2D eigenvalue weighted by Crippen LogP contribution is -2.41. The Balaban J connectivity index is 2.30. The van der Waals surface area contributed by atoms with E-state index in [-0.39, 0.29) is 5.97 Å². The van der Waals surface area contributed by atoms with Gasteiger partial charge in [0, 0.05) is 5.92 Å². The van der Waals surface area contributed by atoms with E-state index in [1.165, 1.54) is 7.11 Å². The summed E-state index contributed by atoms with van der Waals surface area (Å²) in [4.78, 5) is 12.2. The summed E-state index contributed by atoms with van der Waals surface area (Å²) in [5.74, 6) is 0.287. The third-order valence-corrected chi connectivity index (χ3v) is 3.70. The molecule has 1 heterocycles. The molecule has 18 heavy (non-hydrogen) atoms. The van der Waals surface area contributed by atoms with Crippen LogP contribution in [-0.4, -0.2) is 26.3 Å². The third-order valence-electron chi connectivity index (χ3n) is 3.70. The molecule has 1 atom stereocenters. The number of methoxy groups -OCH3 is 1. The summed E-state index contributed by atoms with van der Waals surface area (Å²) in [6.07, 6.45) is 0.781. The quantitative estimate of drug-likeness (QED) is 0.768. The predicted molar refractivity (Wildman–Crippen MR) is 69.5 cm³/mol. The Labute approximate surface area is 108 Å². The Morgan fingerprint density at radius 1 is 1.50 bits per heavy atom. The number of carbonyl (C=O) groups is 1. The number of hydrogen-bond donors (Lipinski definition) is 0. The zero-order chi connectivity index (χ0) is 13.2. The Kier molecular flexibility index (Phi) is 3.71. The molecular formula is C15H20O3. The lowest BCUT2D eigenvalue weighted by Gasteiger charge is -2.35. The maximum absolute atomic E-state index is 12.2. The monoisotopic (exact) mass is 248 g/mol. The lowest BCUT2D eigenvalue weighted by molar-refractivity contribution is -0.149. The molecule has 2 rings (SSSR count). The highest BCUT2D eigenvalue weighted by Gasteiger charge is 2.40. The summed E-state index contributed by atoms with van der Waals surface area (Å²) in [5.41, 5.74) is 1.61. The van der Waals surface area contributed by atoms with Gasteiger partial charge in [0.05, 0.1) is 25.7 Å². The van der Waals surface area contributed by atoms with Gasteiger partial charge in [0.25, 0.3) is 0 Å². The molecule has 0 spiro atoms. The molecule has 3 nitrogen and oxygen atoms in total. The summed E-state index contributed by atoms with van der Waals surface area (Å²) >= 11 is 0. The largest absolute Gasteiger partial charge is 0.468 e. The van der Waals surface area contributed by atoms with Gasteiger partial charge in [-0.2, -0.15) is 0 Å². The topological polar surface area (TPSA) is 35.5 Å². The smallest absolute Gasteiger partial charge is 0.316 e. The normalized spacial score (nSPS) is 18.8. The highest BCUT2D eigenvalue weighted by atomic mass is 16.5. The number of benzene rings is 1. The number of carbonyl (C=O) groups excluding carboxylic acids is 1. The number of ether oxygens (including phenoxy) is 2. The second-order valence-corrected chi connectivity index (χ2v) is 5.30. The molecule has 0 aromatic heterocycles. The van der Waals surface area contributed by atoms with Gasteiger partial charge in [-0.1, -0.05) is 29.8 Å². The molecule has 1 saturated heterocycles. The molecule has 1 aromatic rings. The van der Waals surface area contributed by atoms with E-state index < -0.39 is 5.41 Å². The minimum absolute atomic E-state index is 0.167. The molecule has 1 aliphatic heterocycles. The molecule has 98 valence electrons. The average molecular weight is 248 g/mol. The van der Waals surface area contributed by atoms with E-state index in [1.54, 1.807) is 0 Å². The molecule has 0 radical (unpaired) electrons. The first-order valence-corrected chi connectivity index (χ1v) is 6.29. The van der Waals surface area contributed by atoms with Crippen molar-refractivity contribution in [1.82, 2.24) is 0 Å². The van der Waals surface area contributed by atoms with Gasteiger partial charge in [0.15, 0.2) is 0 Å². The summed E-state index contributed by atoms with van der Waals surface area (Å²) in [7, 11) is 1.45. The van der Waals surface area contributed by atoms with E-state index in [1.807, 2.05) is 32.0 Å². The van der Waals surface area contributed by atoms with Crippen molar-refractivity contribution < 1.29 is 14.3 Å².